The van der Waals surface area contributed by atoms with E-state index in [1.54, 1.807) is 0 Å². The van der Waals surface area contributed by atoms with Gasteiger partial charge in [-0.25, -0.2) is 9.50 Å². The molecule has 0 spiro atoms. The van der Waals surface area contributed by atoms with E-state index in [2.05, 4.69) is 27.5 Å². The van der Waals surface area contributed by atoms with Gasteiger partial charge in [0.2, 0.25) is 0 Å². The summed E-state index contributed by atoms with van der Waals surface area (Å²) >= 11 is 0. The first kappa shape index (κ1) is 14.0. The SMILES string of the molecule is Nc1ncnn2c(-c3cccc(OC4CCNCC4)c3)ccc12. The average molecular weight is 309 g/mol. The predicted octanol–water partition coefficient (Wildman–Crippen LogP) is 2.11. The second kappa shape index (κ2) is 5.89. The number of piperidine rings is 1. The molecule has 3 heterocycles. The van der Waals surface area contributed by atoms with Gasteiger partial charge in [-0.3, -0.25) is 0 Å². The van der Waals surface area contributed by atoms with Crippen LogP contribution >= 0.6 is 0 Å². The lowest BCUT2D eigenvalue weighted by Gasteiger charge is -2.24. The smallest absolute Gasteiger partial charge is 0.151 e. The van der Waals surface area contributed by atoms with Crippen LogP contribution in [-0.4, -0.2) is 33.8 Å². The molecule has 4 rings (SSSR count). The maximum absolute atomic E-state index is 6.12. The Morgan fingerprint density at radius 2 is 2.04 bits per heavy atom. The molecule has 1 aliphatic heterocycles. The molecule has 3 N–H and O–H groups in total. The van der Waals surface area contributed by atoms with E-state index in [9.17, 15) is 0 Å². The summed E-state index contributed by atoms with van der Waals surface area (Å²) in [5.74, 6) is 1.37. The van der Waals surface area contributed by atoms with E-state index in [4.69, 9.17) is 10.5 Å². The summed E-state index contributed by atoms with van der Waals surface area (Å²) in [6.07, 6.45) is 3.85. The first-order chi connectivity index (χ1) is 11.3. The molecule has 1 aromatic carbocycles. The molecule has 1 aliphatic rings. The first-order valence-electron chi connectivity index (χ1n) is 7.87. The van der Waals surface area contributed by atoms with E-state index in [0.29, 0.717) is 5.82 Å². The van der Waals surface area contributed by atoms with Crippen LogP contribution in [0, 0.1) is 0 Å². The number of nitrogen functional groups attached to an aromatic ring is 1. The van der Waals surface area contributed by atoms with Crippen molar-refractivity contribution in [3.05, 3.63) is 42.7 Å². The molecule has 0 saturated carbocycles. The number of anilines is 1. The van der Waals surface area contributed by atoms with Crippen molar-refractivity contribution in [3.63, 3.8) is 0 Å². The van der Waals surface area contributed by atoms with Crippen molar-refractivity contribution >= 4 is 11.3 Å². The Morgan fingerprint density at radius 1 is 1.17 bits per heavy atom. The third-order valence-corrected chi connectivity index (χ3v) is 4.20. The van der Waals surface area contributed by atoms with Gasteiger partial charge in [-0.05, 0) is 50.2 Å². The summed E-state index contributed by atoms with van der Waals surface area (Å²) in [5, 5.41) is 7.65. The Bertz CT molecular complexity index is 823. The van der Waals surface area contributed by atoms with Gasteiger partial charge in [0, 0.05) is 5.56 Å². The van der Waals surface area contributed by atoms with Crippen LogP contribution in [-0.2, 0) is 0 Å². The van der Waals surface area contributed by atoms with Gasteiger partial charge in [0.05, 0.1) is 5.69 Å². The Morgan fingerprint density at radius 3 is 2.91 bits per heavy atom. The third-order valence-electron chi connectivity index (χ3n) is 4.20. The van der Waals surface area contributed by atoms with E-state index in [1.165, 1.54) is 6.33 Å². The molecule has 3 aromatic rings. The molecular weight excluding hydrogens is 290 g/mol. The van der Waals surface area contributed by atoms with Gasteiger partial charge in [0.1, 0.15) is 23.7 Å². The van der Waals surface area contributed by atoms with Gasteiger partial charge in [-0.2, -0.15) is 5.10 Å². The van der Waals surface area contributed by atoms with Gasteiger partial charge in [0.15, 0.2) is 5.82 Å². The predicted molar refractivity (Wildman–Crippen MR) is 89.4 cm³/mol. The number of aromatic nitrogens is 3. The number of hydrogen-bond acceptors (Lipinski definition) is 5. The topological polar surface area (TPSA) is 77.5 Å². The molecule has 0 unspecified atom stereocenters. The molecule has 0 radical (unpaired) electrons. The number of hydrogen-bond donors (Lipinski definition) is 2. The molecule has 6 heteroatoms. The van der Waals surface area contributed by atoms with E-state index >= 15 is 0 Å². The molecule has 6 nitrogen and oxygen atoms in total. The standard InChI is InChI=1S/C17H19N5O/c18-17-16-5-4-15(22(16)21-11-20-17)12-2-1-3-14(10-12)23-13-6-8-19-9-7-13/h1-5,10-11,13,19H,6-9H2,(H2,18,20,21). The molecule has 0 aliphatic carbocycles. The number of ether oxygens (including phenoxy) is 1. The Labute approximate surface area is 134 Å². The van der Waals surface area contributed by atoms with Crippen molar-refractivity contribution < 1.29 is 4.74 Å². The lowest BCUT2D eigenvalue weighted by molar-refractivity contribution is 0.162. The maximum Gasteiger partial charge on any atom is 0.151 e. The van der Waals surface area contributed by atoms with E-state index in [1.807, 2.05) is 28.8 Å². The summed E-state index contributed by atoms with van der Waals surface area (Å²) in [5.41, 5.74) is 8.74. The summed E-state index contributed by atoms with van der Waals surface area (Å²) in [4.78, 5) is 4.02. The minimum Gasteiger partial charge on any atom is -0.490 e. The highest BCUT2D eigenvalue weighted by molar-refractivity contribution is 5.73. The van der Waals surface area contributed by atoms with E-state index < -0.39 is 0 Å². The van der Waals surface area contributed by atoms with Crippen LogP contribution in [0.3, 0.4) is 0 Å². The van der Waals surface area contributed by atoms with E-state index in [0.717, 1.165) is 48.5 Å². The lowest BCUT2D eigenvalue weighted by Crippen LogP contribution is -2.34. The number of nitrogens with one attached hydrogen (secondary N) is 1. The highest BCUT2D eigenvalue weighted by Crippen LogP contribution is 2.27. The van der Waals surface area contributed by atoms with Gasteiger partial charge in [-0.1, -0.05) is 12.1 Å². The summed E-state index contributed by atoms with van der Waals surface area (Å²) in [7, 11) is 0. The van der Waals surface area contributed by atoms with Crippen molar-refractivity contribution in [2.75, 3.05) is 18.8 Å². The fourth-order valence-electron chi connectivity index (χ4n) is 3.01. The summed E-state index contributed by atoms with van der Waals surface area (Å²) in [6.45, 7) is 2.04. The first-order valence-corrected chi connectivity index (χ1v) is 7.87. The van der Waals surface area contributed by atoms with Crippen molar-refractivity contribution in [2.45, 2.75) is 18.9 Å². The lowest BCUT2D eigenvalue weighted by atomic mass is 10.1. The van der Waals surface area contributed by atoms with Crippen LogP contribution in [0.2, 0.25) is 0 Å². The normalized spacial score (nSPS) is 15.8. The van der Waals surface area contributed by atoms with Crippen molar-refractivity contribution in [2.24, 2.45) is 0 Å². The zero-order valence-electron chi connectivity index (χ0n) is 12.8. The molecule has 1 saturated heterocycles. The highest BCUT2D eigenvalue weighted by atomic mass is 16.5. The Balaban J connectivity index is 1.66. The Kier molecular flexibility index (Phi) is 3.59. The van der Waals surface area contributed by atoms with Crippen LogP contribution in [0.1, 0.15) is 12.8 Å². The maximum atomic E-state index is 6.12. The van der Waals surface area contributed by atoms with Gasteiger partial charge in [-0.15, -0.1) is 0 Å². The van der Waals surface area contributed by atoms with Gasteiger partial charge < -0.3 is 15.8 Å². The number of rotatable bonds is 3. The second-order valence-electron chi connectivity index (χ2n) is 5.76. The largest absolute Gasteiger partial charge is 0.490 e. The van der Waals surface area contributed by atoms with Gasteiger partial charge >= 0.3 is 0 Å². The van der Waals surface area contributed by atoms with Crippen molar-refractivity contribution in [1.29, 1.82) is 0 Å². The molecule has 2 aromatic heterocycles. The van der Waals surface area contributed by atoms with Crippen molar-refractivity contribution in [3.8, 4) is 17.0 Å². The molecule has 23 heavy (non-hydrogen) atoms. The minimum atomic E-state index is 0.286. The van der Waals surface area contributed by atoms with Crippen LogP contribution in [0.5, 0.6) is 5.75 Å². The molecule has 118 valence electrons. The highest BCUT2D eigenvalue weighted by Gasteiger charge is 2.15. The zero-order valence-corrected chi connectivity index (χ0v) is 12.8. The quantitative estimate of drug-likeness (QED) is 0.775. The van der Waals surface area contributed by atoms with Crippen LogP contribution in [0.25, 0.3) is 16.8 Å². The number of nitrogens with two attached hydrogens (primary N) is 1. The molecular formula is C17H19N5O. The summed E-state index contributed by atoms with van der Waals surface area (Å²) in [6, 6.07) is 12.1. The van der Waals surface area contributed by atoms with E-state index in [-0.39, 0.29) is 6.10 Å². The minimum absolute atomic E-state index is 0.286. The van der Waals surface area contributed by atoms with Crippen LogP contribution in [0.4, 0.5) is 5.82 Å². The number of benzene rings is 1. The van der Waals surface area contributed by atoms with Crippen LogP contribution in [0.15, 0.2) is 42.7 Å². The monoisotopic (exact) mass is 309 g/mol. The second-order valence-corrected chi connectivity index (χ2v) is 5.76. The Hall–Kier alpha value is -2.60. The van der Waals surface area contributed by atoms with Crippen molar-refractivity contribution in [1.82, 2.24) is 19.9 Å². The summed E-state index contributed by atoms with van der Waals surface area (Å²) < 4.78 is 7.93. The third kappa shape index (κ3) is 2.73. The number of nitrogens with zero attached hydrogens (tertiary/aromatic N) is 3. The molecule has 0 atom stereocenters. The average Bonchev–Trinajstić information content (AvgIpc) is 3.02. The van der Waals surface area contributed by atoms with Gasteiger partial charge in [0.25, 0.3) is 0 Å². The fraction of sp³-hybridized carbons (Fsp3) is 0.294. The molecule has 1 fully saturated rings. The fourth-order valence-corrected chi connectivity index (χ4v) is 3.01. The molecule has 0 bridgehead atoms. The van der Waals surface area contributed by atoms with Crippen LogP contribution < -0.4 is 15.8 Å². The number of fused-ring (bicyclic) bond motifs is 1. The zero-order chi connectivity index (χ0) is 15.6. The molecule has 0 amide bonds.